The fourth-order valence-corrected chi connectivity index (χ4v) is 2.64. The molecule has 0 saturated heterocycles. The van der Waals surface area contributed by atoms with Gasteiger partial charge >= 0.3 is 0 Å². The van der Waals surface area contributed by atoms with Gasteiger partial charge in [-0.05, 0) is 38.6 Å². The van der Waals surface area contributed by atoms with Crippen LogP contribution in [0.4, 0.5) is 0 Å². The van der Waals surface area contributed by atoms with E-state index in [1.807, 2.05) is 0 Å². The summed E-state index contributed by atoms with van der Waals surface area (Å²) in [6, 6.07) is 6.28. The SMILES string of the molecule is CN=C(NCCCN(C)CCOC)NCc1ccc(C)cc1OCCCOC. The van der Waals surface area contributed by atoms with Gasteiger partial charge in [0, 0.05) is 59.5 Å². The van der Waals surface area contributed by atoms with Crippen LogP contribution in [0.2, 0.25) is 0 Å². The molecule has 0 amide bonds. The summed E-state index contributed by atoms with van der Waals surface area (Å²) in [5.74, 6) is 1.71. The lowest BCUT2D eigenvalue weighted by Gasteiger charge is -2.17. The minimum absolute atomic E-state index is 0.647. The normalized spacial score (nSPS) is 11.7. The number of ether oxygens (including phenoxy) is 3. The highest BCUT2D eigenvalue weighted by Gasteiger charge is 2.06. The predicted octanol–water partition coefficient (Wildman–Crippen LogP) is 2.04. The van der Waals surface area contributed by atoms with E-state index in [2.05, 4.69) is 52.7 Å². The second-order valence-corrected chi connectivity index (χ2v) is 6.81. The Morgan fingerprint density at radius 1 is 1.04 bits per heavy atom. The lowest BCUT2D eigenvalue weighted by molar-refractivity contribution is 0.161. The Morgan fingerprint density at radius 2 is 1.82 bits per heavy atom. The van der Waals surface area contributed by atoms with Crippen LogP contribution in [0, 0.1) is 6.92 Å². The van der Waals surface area contributed by atoms with Crippen LogP contribution in [0.5, 0.6) is 5.75 Å². The molecule has 0 radical (unpaired) electrons. The molecular weight excluding hydrogens is 356 g/mol. The van der Waals surface area contributed by atoms with Gasteiger partial charge in [0.1, 0.15) is 5.75 Å². The summed E-state index contributed by atoms with van der Waals surface area (Å²) in [6.07, 6.45) is 1.92. The molecular formula is C21H38N4O3. The highest BCUT2D eigenvalue weighted by atomic mass is 16.5. The summed E-state index contributed by atoms with van der Waals surface area (Å²) < 4.78 is 16.1. The van der Waals surface area contributed by atoms with Gasteiger partial charge in [-0.2, -0.15) is 0 Å². The number of rotatable bonds is 14. The number of nitrogens with one attached hydrogen (secondary N) is 2. The third kappa shape index (κ3) is 10.5. The van der Waals surface area contributed by atoms with Crippen LogP contribution >= 0.6 is 0 Å². The molecule has 0 spiro atoms. The van der Waals surface area contributed by atoms with E-state index in [4.69, 9.17) is 14.2 Å². The van der Waals surface area contributed by atoms with Crippen molar-refractivity contribution in [2.24, 2.45) is 4.99 Å². The van der Waals surface area contributed by atoms with E-state index < -0.39 is 0 Å². The van der Waals surface area contributed by atoms with Crippen LogP contribution in [-0.2, 0) is 16.0 Å². The van der Waals surface area contributed by atoms with E-state index >= 15 is 0 Å². The molecule has 0 aromatic heterocycles. The number of nitrogens with zero attached hydrogens (tertiary/aromatic N) is 2. The molecule has 160 valence electrons. The fraction of sp³-hybridized carbons (Fsp3) is 0.667. The number of methoxy groups -OCH3 is 2. The Kier molecular flexibility index (Phi) is 13.1. The summed E-state index contributed by atoms with van der Waals surface area (Å²) in [5, 5.41) is 6.74. The zero-order chi connectivity index (χ0) is 20.6. The van der Waals surface area contributed by atoms with Gasteiger partial charge in [-0.25, -0.2) is 0 Å². The smallest absolute Gasteiger partial charge is 0.191 e. The van der Waals surface area contributed by atoms with E-state index in [1.54, 1.807) is 21.3 Å². The second-order valence-electron chi connectivity index (χ2n) is 6.81. The lowest BCUT2D eigenvalue weighted by Crippen LogP contribution is -2.38. The van der Waals surface area contributed by atoms with Crippen LogP contribution < -0.4 is 15.4 Å². The summed E-state index contributed by atoms with van der Waals surface area (Å²) in [4.78, 5) is 6.57. The average Bonchev–Trinajstić information content (AvgIpc) is 2.70. The molecule has 7 heteroatoms. The number of aryl methyl sites for hydroxylation is 1. The zero-order valence-corrected chi connectivity index (χ0v) is 18.2. The quantitative estimate of drug-likeness (QED) is 0.286. The van der Waals surface area contributed by atoms with E-state index in [0.717, 1.165) is 56.4 Å². The van der Waals surface area contributed by atoms with Crippen molar-refractivity contribution in [2.45, 2.75) is 26.3 Å². The van der Waals surface area contributed by atoms with Crippen molar-refractivity contribution < 1.29 is 14.2 Å². The Bertz CT molecular complexity index is 567. The maximum Gasteiger partial charge on any atom is 0.191 e. The monoisotopic (exact) mass is 394 g/mol. The van der Waals surface area contributed by atoms with E-state index in [0.29, 0.717) is 19.8 Å². The Labute approximate surface area is 170 Å². The van der Waals surface area contributed by atoms with Gasteiger partial charge in [0.05, 0.1) is 13.2 Å². The largest absolute Gasteiger partial charge is 0.493 e. The minimum Gasteiger partial charge on any atom is -0.493 e. The molecule has 0 aliphatic heterocycles. The minimum atomic E-state index is 0.647. The molecule has 28 heavy (non-hydrogen) atoms. The summed E-state index contributed by atoms with van der Waals surface area (Å²) in [7, 11) is 7.34. The van der Waals surface area contributed by atoms with Crippen molar-refractivity contribution in [3.05, 3.63) is 29.3 Å². The maximum atomic E-state index is 5.95. The summed E-state index contributed by atoms with van der Waals surface area (Å²) >= 11 is 0. The van der Waals surface area contributed by atoms with Gasteiger partial charge in [0.25, 0.3) is 0 Å². The Hall–Kier alpha value is -1.83. The van der Waals surface area contributed by atoms with E-state index in [1.165, 1.54) is 5.56 Å². The topological polar surface area (TPSA) is 67.4 Å². The molecule has 0 aliphatic rings. The average molecular weight is 395 g/mol. The van der Waals surface area contributed by atoms with E-state index in [9.17, 15) is 0 Å². The van der Waals surface area contributed by atoms with E-state index in [-0.39, 0.29) is 0 Å². The van der Waals surface area contributed by atoms with Gasteiger partial charge in [-0.15, -0.1) is 0 Å². The number of hydrogen-bond donors (Lipinski definition) is 2. The lowest BCUT2D eigenvalue weighted by atomic mass is 10.1. The highest BCUT2D eigenvalue weighted by molar-refractivity contribution is 5.79. The van der Waals surface area contributed by atoms with Crippen molar-refractivity contribution >= 4 is 5.96 Å². The highest BCUT2D eigenvalue weighted by Crippen LogP contribution is 2.20. The first kappa shape index (κ1) is 24.2. The van der Waals surface area contributed by atoms with Crippen LogP contribution in [0.1, 0.15) is 24.0 Å². The number of benzene rings is 1. The first-order valence-corrected chi connectivity index (χ1v) is 9.94. The van der Waals surface area contributed by atoms with Crippen molar-refractivity contribution in [1.82, 2.24) is 15.5 Å². The molecule has 1 aromatic carbocycles. The molecule has 0 saturated carbocycles. The van der Waals surface area contributed by atoms with Gasteiger partial charge in [0.15, 0.2) is 5.96 Å². The third-order valence-corrected chi connectivity index (χ3v) is 4.33. The number of hydrogen-bond acceptors (Lipinski definition) is 5. The summed E-state index contributed by atoms with van der Waals surface area (Å²) in [5.41, 5.74) is 2.30. The molecule has 0 fully saturated rings. The van der Waals surface area contributed by atoms with Gasteiger partial charge in [-0.3, -0.25) is 4.99 Å². The number of likely N-dealkylation sites (N-methyl/N-ethyl adjacent to an activating group) is 1. The first-order valence-electron chi connectivity index (χ1n) is 9.94. The summed E-state index contributed by atoms with van der Waals surface area (Å²) in [6.45, 7) is 7.68. The molecule has 0 unspecified atom stereocenters. The number of aliphatic imine (C=N–C) groups is 1. The Balaban J connectivity index is 2.41. The molecule has 2 N–H and O–H groups in total. The molecule has 0 atom stereocenters. The van der Waals surface area contributed by atoms with Crippen molar-refractivity contribution in [2.75, 3.05) is 67.8 Å². The predicted molar refractivity (Wildman–Crippen MR) is 115 cm³/mol. The van der Waals surface area contributed by atoms with Crippen LogP contribution in [0.25, 0.3) is 0 Å². The zero-order valence-electron chi connectivity index (χ0n) is 18.2. The molecule has 0 bridgehead atoms. The Morgan fingerprint density at radius 3 is 2.54 bits per heavy atom. The van der Waals surface area contributed by atoms with Gasteiger partial charge < -0.3 is 29.7 Å². The van der Waals surface area contributed by atoms with Crippen LogP contribution in [-0.4, -0.2) is 78.6 Å². The molecule has 1 aromatic rings. The third-order valence-electron chi connectivity index (χ3n) is 4.33. The first-order chi connectivity index (χ1) is 13.6. The van der Waals surface area contributed by atoms with Crippen molar-refractivity contribution in [3.8, 4) is 5.75 Å². The van der Waals surface area contributed by atoms with Crippen molar-refractivity contribution in [1.29, 1.82) is 0 Å². The number of guanidine groups is 1. The van der Waals surface area contributed by atoms with Crippen molar-refractivity contribution in [3.63, 3.8) is 0 Å². The molecule has 0 aliphatic carbocycles. The van der Waals surface area contributed by atoms with Gasteiger partial charge in [0.2, 0.25) is 0 Å². The standard InChI is InChI=1S/C21H38N4O3/c1-18-8-9-19(20(16-18)28-14-7-13-26-4)17-24-21(22-2)23-10-6-11-25(3)12-15-27-5/h8-9,16H,6-7,10-15,17H2,1-5H3,(H2,22,23,24). The maximum absolute atomic E-state index is 5.95. The van der Waals surface area contributed by atoms with Crippen LogP contribution in [0.3, 0.4) is 0 Å². The fourth-order valence-electron chi connectivity index (χ4n) is 2.64. The molecule has 7 nitrogen and oxygen atoms in total. The molecule has 1 rings (SSSR count). The second kappa shape index (κ2) is 15.1. The molecule has 0 heterocycles. The van der Waals surface area contributed by atoms with Crippen LogP contribution in [0.15, 0.2) is 23.2 Å². The van der Waals surface area contributed by atoms with Gasteiger partial charge in [-0.1, -0.05) is 12.1 Å².